The quantitative estimate of drug-likeness (QED) is 0.334. The molecule has 11 heteroatoms. The van der Waals surface area contributed by atoms with Crippen LogP contribution in [0.2, 0.25) is 0 Å². The molecule has 5 heterocycles. The lowest BCUT2D eigenvalue weighted by Crippen LogP contribution is -2.60. The molecule has 4 saturated heterocycles. The standard InChI is InChI=1S/C39H53N7O4/c1-3-26-21-32(40)35(50-2)22-34(26)44-14-10-29(11-15-44)43-18-16-42(17-19-43)28-8-12-39(13-9-28)24-45(25-39)30-4-5-31-27(20-30)23-46(38(31)49)33-6-7-36(47)41-37(33)48/h4-5,20-22,28-29,33H,3,6-19,23-25,40H2,1-2H3,(H,41,47,48). The number of piperidine rings is 2. The third-order valence-electron chi connectivity index (χ3n) is 12.9. The number of nitrogens with zero attached hydrogens (tertiary/aromatic N) is 5. The zero-order valence-electron chi connectivity index (χ0n) is 29.8. The van der Waals surface area contributed by atoms with Gasteiger partial charge in [-0.05, 0) is 86.8 Å². The van der Waals surface area contributed by atoms with E-state index >= 15 is 0 Å². The number of ether oxygens (including phenoxy) is 1. The molecule has 6 aliphatic rings. The Kier molecular flexibility index (Phi) is 8.91. The highest BCUT2D eigenvalue weighted by molar-refractivity contribution is 6.05. The Morgan fingerprint density at radius 3 is 2.18 bits per heavy atom. The molecule has 0 aromatic heterocycles. The molecule has 3 amide bonds. The Labute approximate surface area is 296 Å². The average Bonchev–Trinajstić information content (AvgIpc) is 3.45. The van der Waals surface area contributed by atoms with Crippen LogP contribution in [0.4, 0.5) is 17.1 Å². The molecule has 1 saturated carbocycles. The van der Waals surface area contributed by atoms with E-state index in [1.54, 1.807) is 12.0 Å². The molecule has 3 N–H and O–H groups in total. The SMILES string of the molecule is CCc1cc(N)c(OC)cc1N1CCC(N2CCN(C3CCC4(CC3)CN(c3ccc5c(c3)CN(C3CCC(=O)NC3=O)C5=O)C4)CC2)CC1. The third-order valence-corrected chi connectivity index (χ3v) is 12.9. The highest BCUT2D eigenvalue weighted by Gasteiger charge is 2.47. The minimum Gasteiger partial charge on any atom is -0.495 e. The molecule has 50 heavy (non-hydrogen) atoms. The Bertz CT molecular complexity index is 1630. The van der Waals surface area contributed by atoms with Crippen LogP contribution in [-0.4, -0.2) is 110 Å². The summed E-state index contributed by atoms with van der Waals surface area (Å²) in [4.78, 5) is 49.4. The molecule has 1 spiro atoms. The normalized spacial score (nSPS) is 25.2. The van der Waals surface area contributed by atoms with E-state index in [0.717, 1.165) is 49.6 Å². The van der Waals surface area contributed by atoms with Crippen LogP contribution in [0.3, 0.4) is 0 Å². The number of aryl methyl sites for hydroxylation is 1. The van der Waals surface area contributed by atoms with Gasteiger partial charge in [0.2, 0.25) is 11.8 Å². The van der Waals surface area contributed by atoms with Crippen molar-refractivity contribution in [3.8, 4) is 5.75 Å². The van der Waals surface area contributed by atoms with Crippen molar-refractivity contribution in [1.82, 2.24) is 20.0 Å². The van der Waals surface area contributed by atoms with Gasteiger partial charge in [-0.15, -0.1) is 0 Å². The number of methoxy groups -OCH3 is 1. The van der Waals surface area contributed by atoms with E-state index in [1.165, 1.54) is 81.6 Å². The van der Waals surface area contributed by atoms with E-state index in [9.17, 15) is 14.4 Å². The Hall–Kier alpha value is -3.83. The van der Waals surface area contributed by atoms with E-state index in [1.807, 2.05) is 6.07 Å². The molecule has 1 aliphatic carbocycles. The van der Waals surface area contributed by atoms with Crippen molar-refractivity contribution >= 4 is 34.8 Å². The number of rotatable bonds is 7. The lowest BCUT2D eigenvalue weighted by atomic mass is 9.67. The number of fused-ring (bicyclic) bond motifs is 1. The Balaban J connectivity index is 0.786. The molecule has 2 aromatic carbocycles. The first-order valence-electron chi connectivity index (χ1n) is 19.0. The first kappa shape index (κ1) is 33.3. The molecule has 0 radical (unpaired) electrons. The summed E-state index contributed by atoms with van der Waals surface area (Å²) < 4.78 is 5.54. The van der Waals surface area contributed by atoms with Crippen molar-refractivity contribution in [2.45, 2.75) is 89.4 Å². The predicted octanol–water partition coefficient (Wildman–Crippen LogP) is 3.64. The van der Waals surface area contributed by atoms with Gasteiger partial charge in [-0.1, -0.05) is 6.92 Å². The van der Waals surface area contributed by atoms with Crippen LogP contribution < -0.4 is 25.6 Å². The lowest BCUT2D eigenvalue weighted by Gasteiger charge is -2.56. The maximum Gasteiger partial charge on any atom is 0.255 e. The second-order valence-electron chi connectivity index (χ2n) is 15.7. The van der Waals surface area contributed by atoms with Crippen molar-refractivity contribution in [2.75, 3.05) is 75.0 Å². The van der Waals surface area contributed by atoms with Gasteiger partial charge in [-0.2, -0.15) is 0 Å². The summed E-state index contributed by atoms with van der Waals surface area (Å²) >= 11 is 0. The fourth-order valence-electron chi connectivity index (χ4n) is 9.93. The summed E-state index contributed by atoms with van der Waals surface area (Å²) in [6.45, 7) is 11.7. The number of nitrogen functional groups attached to an aromatic ring is 1. The summed E-state index contributed by atoms with van der Waals surface area (Å²) in [5, 5.41) is 2.39. The van der Waals surface area contributed by atoms with E-state index in [4.69, 9.17) is 10.5 Å². The van der Waals surface area contributed by atoms with Gasteiger partial charge in [0.15, 0.2) is 0 Å². The van der Waals surface area contributed by atoms with Crippen LogP contribution >= 0.6 is 0 Å². The number of hydrogen-bond donors (Lipinski definition) is 2. The van der Waals surface area contributed by atoms with Gasteiger partial charge in [0, 0.05) is 106 Å². The second kappa shape index (κ2) is 13.4. The minimum atomic E-state index is -0.569. The Morgan fingerprint density at radius 2 is 1.54 bits per heavy atom. The molecular weight excluding hydrogens is 630 g/mol. The number of carbonyl (C=O) groups is 3. The van der Waals surface area contributed by atoms with Gasteiger partial charge in [0.05, 0.1) is 12.8 Å². The number of carbonyl (C=O) groups excluding carboxylic acids is 3. The second-order valence-corrected chi connectivity index (χ2v) is 15.7. The number of imide groups is 1. The highest BCUT2D eigenvalue weighted by Crippen LogP contribution is 2.47. The van der Waals surface area contributed by atoms with Gasteiger partial charge >= 0.3 is 0 Å². The van der Waals surface area contributed by atoms with Crippen molar-refractivity contribution in [3.63, 3.8) is 0 Å². The van der Waals surface area contributed by atoms with Crippen molar-refractivity contribution in [1.29, 1.82) is 0 Å². The maximum absolute atomic E-state index is 13.1. The molecule has 2 aromatic rings. The number of anilines is 3. The predicted molar refractivity (Wildman–Crippen MR) is 195 cm³/mol. The smallest absolute Gasteiger partial charge is 0.255 e. The summed E-state index contributed by atoms with van der Waals surface area (Å²) in [6.07, 6.45) is 9.20. The highest BCUT2D eigenvalue weighted by atomic mass is 16.5. The fraction of sp³-hybridized carbons (Fsp3) is 0.615. The molecule has 0 bridgehead atoms. The van der Waals surface area contributed by atoms with Crippen molar-refractivity contribution in [3.05, 3.63) is 47.0 Å². The summed E-state index contributed by atoms with van der Waals surface area (Å²) in [5.74, 6) is 0.0563. The molecule has 268 valence electrons. The van der Waals surface area contributed by atoms with E-state index in [0.29, 0.717) is 36.0 Å². The zero-order valence-corrected chi connectivity index (χ0v) is 29.8. The van der Waals surface area contributed by atoms with Crippen LogP contribution in [0, 0.1) is 5.41 Å². The van der Waals surface area contributed by atoms with Gasteiger partial charge in [0.1, 0.15) is 11.8 Å². The van der Waals surface area contributed by atoms with Crippen LogP contribution in [0.25, 0.3) is 0 Å². The van der Waals surface area contributed by atoms with Gasteiger partial charge < -0.3 is 25.2 Å². The van der Waals surface area contributed by atoms with E-state index < -0.39 is 6.04 Å². The topological polar surface area (TPSA) is 115 Å². The molecule has 1 atom stereocenters. The van der Waals surface area contributed by atoms with Crippen LogP contribution in [-0.2, 0) is 22.6 Å². The molecule has 5 fully saturated rings. The van der Waals surface area contributed by atoms with Gasteiger partial charge in [-0.25, -0.2) is 0 Å². The van der Waals surface area contributed by atoms with Crippen LogP contribution in [0.5, 0.6) is 5.75 Å². The molecule has 1 unspecified atom stereocenters. The lowest BCUT2D eigenvalue weighted by molar-refractivity contribution is -0.136. The fourth-order valence-corrected chi connectivity index (χ4v) is 9.93. The van der Waals surface area contributed by atoms with E-state index in [-0.39, 0.29) is 24.1 Å². The number of hydrogen-bond acceptors (Lipinski definition) is 9. The number of nitrogens with one attached hydrogen (secondary N) is 1. The van der Waals surface area contributed by atoms with Crippen LogP contribution in [0.15, 0.2) is 30.3 Å². The van der Waals surface area contributed by atoms with Crippen LogP contribution in [0.1, 0.15) is 79.8 Å². The monoisotopic (exact) mass is 683 g/mol. The largest absolute Gasteiger partial charge is 0.495 e. The summed E-state index contributed by atoms with van der Waals surface area (Å²) in [7, 11) is 1.70. The average molecular weight is 684 g/mol. The zero-order chi connectivity index (χ0) is 34.6. The van der Waals surface area contributed by atoms with Crippen molar-refractivity contribution in [2.24, 2.45) is 5.41 Å². The maximum atomic E-state index is 13.1. The number of piperazine rings is 1. The number of nitrogens with two attached hydrogens (primary N) is 1. The number of benzene rings is 2. The number of amides is 3. The van der Waals surface area contributed by atoms with E-state index in [2.05, 4.69) is 56.1 Å². The Morgan fingerprint density at radius 1 is 0.860 bits per heavy atom. The summed E-state index contributed by atoms with van der Waals surface area (Å²) in [6, 6.07) is 11.2. The molecule has 8 rings (SSSR count). The minimum absolute atomic E-state index is 0.105. The van der Waals surface area contributed by atoms with Crippen molar-refractivity contribution < 1.29 is 19.1 Å². The first-order valence-corrected chi connectivity index (χ1v) is 19.0. The van der Waals surface area contributed by atoms with Gasteiger partial charge in [-0.3, -0.25) is 29.5 Å². The molecule has 5 aliphatic heterocycles. The first-order chi connectivity index (χ1) is 24.2. The molecule has 11 nitrogen and oxygen atoms in total. The third kappa shape index (κ3) is 6.10. The van der Waals surface area contributed by atoms with Gasteiger partial charge in [0.25, 0.3) is 5.91 Å². The summed E-state index contributed by atoms with van der Waals surface area (Å²) in [5.41, 5.74) is 12.8. The molecular formula is C39H53N7O4.